The minimum atomic E-state index is -0.330. The van der Waals surface area contributed by atoms with Crippen LogP contribution in [-0.2, 0) is 0 Å². The van der Waals surface area contributed by atoms with Crippen molar-refractivity contribution in [2.75, 3.05) is 6.61 Å². The molecule has 0 saturated carbocycles. The summed E-state index contributed by atoms with van der Waals surface area (Å²) in [5.74, 6) is 0.339. The number of carbonyl (C=O) groups excluding carboxylic acids is 1. The molecule has 2 aromatic rings. The number of hydrogen-bond acceptors (Lipinski definition) is 3. The second kappa shape index (κ2) is 8.00. The highest BCUT2D eigenvalue weighted by molar-refractivity contribution is 6.30. The zero-order valence-corrected chi connectivity index (χ0v) is 12.6. The van der Waals surface area contributed by atoms with E-state index in [1.54, 1.807) is 30.3 Å². The van der Waals surface area contributed by atoms with Crippen LogP contribution in [0.5, 0.6) is 5.75 Å². The van der Waals surface area contributed by atoms with E-state index in [-0.39, 0.29) is 5.91 Å². The summed E-state index contributed by atoms with van der Waals surface area (Å²) in [7, 11) is 0. The van der Waals surface area contributed by atoms with E-state index >= 15 is 0 Å². The Kier molecular flexibility index (Phi) is 5.74. The standard InChI is InChI=1S/C17H15ClN2O2/c1-2-10-22-16-9-4-3-6-14(16)12-19-20-17(21)13-7-5-8-15(18)11-13/h2-9,11-12H,1,10H2,(H,20,21)/b19-12-. The average Bonchev–Trinajstić information content (AvgIpc) is 2.54. The first-order valence-electron chi connectivity index (χ1n) is 6.62. The lowest BCUT2D eigenvalue weighted by atomic mass is 10.2. The first kappa shape index (κ1) is 15.8. The number of hydrazone groups is 1. The molecule has 0 radical (unpaired) electrons. The molecule has 0 heterocycles. The molecule has 1 N–H and O–H groups in total. The van der Waals surface area contributed by atoms with E-state index in [2.05, 4.69) is 17.1 Å². The summed E-state index contributed by atoms with van der Waals surface area (Å²) in [4.78, 5) is 11.9. The van der Waals surface area contributed by atoms with Crippen molar-refractivity contribution < 1.29 is 9.53 Å². The molecule has 0 fully saturated rings. The lowest BCUT2D eigenvalue weighted by Crippen LogP contribution is -2.17. The fourth-order valence-corrected chi connectivity index (χ4v) is 1.91. The molecule has 4 nitrogen and oxygen atoms in total. The van der Waals surface area contributed by atoms with E-state index in [1.807, 2.05) is 24.3 Å². The molecule has 0 aromatic heterocycles. The molecule has 0 aliphatic heterocycles. The minimum Gasteiger partial charge on any atom is -0.489 e. The van der Waals surface area contributed by atoms with Gasteiger partial charge in [0.25, 0.3) is 5.91 Å². The summed E-state index contributed by atoms with van der Waals surface area (Å²) in [6.07, 6.45) is 3.19. The van der Waals surface area contributed by atoms with Gasteiger partial charge in [0.1, 0.15) is 12.4 Å². The average molecular weight is 315 g/mol. The van der Waals surface area contributed by atoms with Gasteiger partial charge >= 0.3 is 0 Å². The number of nitrogens with one attached hydrogen (secondary N) is 1. The van der Waals surface area contributed by atoms with Gasteiger partial charge in [-0.15, -0.1) is 0 Å². The minimum absolute atomic E-state index is 0.330. The number of rotatable bonds is 6. The first-order chi connectivity index (χ1) is 10.7. The SMILES string of the molecule is C=CCOc1ccccc1/C=N\NC(=O)c1cccc(Cl)c1. The van der Waals surface area contributed by atoms with E-state index in [9.17, 15) is 4.79 Å². The van der Waals surface area contributed by atoms with Gasteiger partial charge in [0, 0.05) is 16.1 Å². The lowest BCUT2D eigenvalue weighted by molar-refractivity contribution is 0.0955. The molecule has 2 rings (SSSR count). The molecule has 0 unspecified atom stereocenters. The van der Waals surface area contributed by atoms with Crippen LogP contribution in [0.3, 0.4) is 0 Å². The van der Waals surface area contributed by atoms with Crippen molar-refractivity contribution in [1.29, 1.82) is 0 Å². The number of nitrogens with zero attached hydrogens (tertiary/aromatic N) is 1. The third-order valence-electron chi connectivity index (χ3n) is 2.73. The Labute approximate surface area is 134 Å². The third kappa shape index (κ3) is 4.46. The molecule has 0 aliphatic carbocycles. The maximum Gasteiger partial charge on any atom is 0.271 e. The summed E-state index contributed by atoms with van der Waals surface area (Å²) in [6, 6.07) is 14.0. The fraction of sp³-hybridized carbons (Fsp3) is 0.0588. The Morgan fingerprint density at radius 3 is 2.86 bits per heavy atom. The van der Waals surface area contributed by atoms with Crippen molar-refractivity contribution >= 4 is 23.7 Å². The van der Waals surface area contributed by atoms with Crippen LogP contribution in [0.4, 0.5) is 0 Å². The normalized spacial score (nSPS) is 10.4. The molecule has 112 valence electrons. The summed E-state index contributed by atoms with van der Waals surface area (Å²) < 4.78 is 5.50. The van der Waals surface area contributed by atoms with Crippen LogP contribution in [0.2, 0.25) is 5.02 Å². The molecule has 1 amide bonds. The predicted octanol–water partition coefficient (Wildman–Crippen LogP) is 3.67. The second-order valence-corrected chi connectivity index (χ2v) is 4.78. The Balaban J connectivity index is 2.03. The van der Waals surface area contributed by atoms with E-state index in [0.29, 0.717) is 22.9 Å². The van der Waals surface area contributed by atoms with Crippen molar-refractivity contribution in [1.82, 2.24) is 5.43 Å². The molecule has 0 aliphatic rings. The third-order valence-corrected chi connectivity index (χ3v) is 2.97. The van der Waals surface area contributed by atoms with E-state index < -0.39 is 0 Å². The van der Waals surface area contributed by atoms with Gasteiger partial charge in [0.15, 0.2) is 0 Å². The predicted molar refractivity (Wildman–Crippen MR) is 88.6 cm³/mol. The number of hydrogen-bond donors (Lipinski definition) is 1. The lowest BCUT2D eigenvalue weighted by Gasteiger charge is -2.06. The molecule has 0 atom stereocenters. The highest BCUT2D eigenvalue weighted by Crippen LogP contribution is 2.15. The zero-order chi connectivity index (χ0) is 15.8. The first-order valence-corrected chi connectivity index (χ1v) is 7.00. The Morgan fingerprint density at radius 2 is 2.09 bits per heavy atom. The summed E-state index contributed by atoms with van der Waals surface area (Å²) in [6.45, 7) is 4.01. The van der Waals surface area contributed by atoms with Crippen LogP contribution in [-0.4, -0.2) is 18.7 Å². The van der Waals surface area contributed by atoms with Gasteiger partial charge in [-0.25, -0.2) is 5.43 Å². The van der Waals surface area contributed by atoms with Gasteiger partial charge < -0.3 is 4.74 Å². The molecule has 2 aromatic carbocycles. The van der Waals surface area contributed by atoms with Crippen LogP contribution in [0, 0.1) is 0 Å². The van der Waals surface area contributed by atoms with Gasteiger partial charge in [-0.3, -0.25) is 4.79 Å². The number of halogens is 1. The van der Waals surface area contributed by atoms with Crippen LogP contribution in [0.15, 0.2) is 66.3 Å². The highest BCUT2D eigenvalue weighted by Gasteiger charge is 2.04. The van der Waals surface area contributed by atoms with Gasteiger partial charge in [0.05, 0.1) is 6.21 Å². The number of para-hydroxylation sites is 1. The maximum absolute atomic E-state index is 11.9. The molecule has 5 heteroatoms. The monoisotopic (exact) mass is 314 g/mol. The van der Waals surface area contributed by atoms with Gasteiger partial charge in [-0.05, 0) is 30.3 Å². The van der Waals surface area contributed by atoms with Gasteiger partial charge in [-0.2, -0.15) is 5.10 Å². The van der Waals surface area contributed by atoms with E-state index in [4.69, 9.17) is 16.3 Å². The Morgan fingerprint density at radius 1 is 1.27 bits per heavy atom. The number of carbonyl (C=O) groups is 1. The van der Waals surface area contributed by atoms with Crippen LogP contribution < -0.4 is 10.2 Å². The van der Waals surface area contributed by atoms with Crippen LogP contribution in [0.25, 0.3) is 0 Å². The smallest absolute Gasteiger partial charge is 0.271 e. The van der Waals surface area contributed by atoms with E-state index in [1.165, 1.54) is 6.21 Å². The number of ether oxygens (including phenoxy) is 1. The highest BCUT2D eigenvalue weighted by atomic mass is 35.5. The van der Waals surface area contributed by atoms with Crippen molar-refractivity contribution in [3.63, 3.8) is 0 Å². The van der Waals surface area contributed by atoms with Crippen LogP contribution in [0.1, 0.15) is 15.9 Å². The summed E-state index contributed by atoms with van der Waals surface area (Å²) >= 11 is 5.85. The Bertz CT molecular complexity index is 699. The van der Waals surface area contributed by atoms with Crippen LogP contribution >= 0.6 is 11.6 Å². The summed E-state index contributed by atoms with van der Waals surface area (Å²) in [5, 5.41) is 4.44. The quantitative estimate of drug-likeness (QED) is 0.502. The van der Waals surface area contributed by atoms with E-state index in [0.717, 1.165) is 5.56 Å². The van der Waals surface area contributed by atoms with Crippen molar-refractivity contribution in [2.24, 2.45) is 5.10 Å². The second-order valence-electron chi connectivity index (χ2n) is 4.35. The molecule has 0 bridgehead atoms. The van der Waals surface area contributed by atoms with Crippen molar-refractivity contribution in [2.45, 2.75) is 0 Å². The molecular formula is C17H15ClN2O2. The molecule has 0 spiro atoms. The maximum atomic E-state index is 11.9. The number of amides is 1. The summed E-state index contributed by atoms with van der Waals surface area (Å²) in [5.41, 5.74) is 3.66. The molecule has 0 saturated heterocycles. The van der Waals surface area contributed by atoms with Gasteiger partial charge in [0.2, 0.25) is 0 Å². The molecular weight excluding hydrogens is 300 g/mol. The van der Waals surface area contributed by atoms with Gasteiger partial charge in [-0.1, -0.05) is 42.5 Å². The van der Waals surface area contributed by atoms with Crippen molar-refractivity contribution in [3.8, 4) is 5.75 Å². The molecule has 22 heavy (non-hydrogen) atoms. The Hall–Kier alpha value is -2.59. The van der Waals surface area contributed by atoms with Crippen molar-refractivity contribution in [3.05, 3.63) is 77.3 Å². The topological polar surface area (TPSA) is 50.7 Å². The fourth-order valence-electron chi connectivity index (χ4n) is 1.72. The number of benzene rings is 2. The largest absolute Gasteiger partial charge is 0.489 e. The zero-order valence-electron chi connectivity index (χ0n) is 11.8.